The third-order valence-electron chi connectivity index (χ3n) is 5.30. The summed E-state index contributed by atoms with van der Waals surface area (Å²) in [4.78, 5) is 2.36. The summed E-state index contributed by atoms with van der Waals surface area (Å²) in [7, 11) is 2.19. The van der Waals surface area contributed by atoms with Crippen molar-refractivity contribution in [1.29, 1.82) is 0 Å². The Morgan fingerprint density at radius 3 is 2.62 bits per heavy atom. The van der Waals surface area contributed by atoms with Crippen LogP contribution in [0.3, 0.4) is 0 Å². The van der Waals surface area contributed by atoms with Gasteiger partial charge < -0.3 is 10.2 Å². The second-order valence-corrected chi connectivity index (χ2v) is 7.03. The number of nitrogens with one attached hydrogen (secondary N) is 1. The molecule has 0 aromatic heterocycles. The van der Waals surface area contributed by atoms with Gasteiger partial charge in [0.15, 0.2) is 0 Å². The molecule has 0 amide bonds. The first-order valence-electron chi connectivity index (χ1n) is 8.82. The van der Waals surface area contributed by atoms with E-state index in [1.165, 1.54) is 57.2 Å². The Hall–Kier alpha value is -1.02. The lowest BCUT2D eigenvalue weighted by molar-refractivity contribution is 0.261. The Balaban J connectivity index is 1.32. The number of para-hydroxylation sites is 1. The van der Waals surface area contributed by atoms with Gasteiger partial charge in [0, 0.05) is 25.3 Å². The quantitative estimate of drug-likeness (QED) is 0.760. The minimum atomic E-state index is 0.798. The smallest absolute Gasteiger partial charge is 0.0363 e. The van der Waals surface area contributed by atoms with Gasteiger partial charge in [-0.15, -0.1) is 0 Å². The van der Waals surface area contributed by atoms with Crippen molar-refractivity contribution in [2.75, 3.05) is 25.0 Å². The van der Waals surface area contributed by atoms with Crippen LogP contribution in [0.1, 0.15) is 44.9 Å². The van der Waals surface area contributed by atoms with Crippen LogP contribution in [0.5, 0.6) is 0 Å². The third kappa shape index (κ3) is 4.47. The summed E-state index contributed by atoms with van der Waals surface area (Å²) in [6.45, 7) is 2.30. The number of benzene rings is 1. The number of hydrogen-bond donors (Lipinski definition) is 1. The highest BCUT2D eigenvalue weighted by molar-refractivity contribution is 5.44. The zero-order chi connectivity index (χ0) is 14.5. The van der Waals surface area contributed by atoms with Gasteiger partial charge in [-0.1, -0.05) is 31.0 Å². The van der Waals surface area contributed by atoms with Crippen LogP contribution in [0.15, 0.2) is 30.3 Å². The summed E-state index contributed by atoms with van der Waals surface area (Å²) in [5, 5.41) is 3.81. The van der Waals surface area contributed by atoms with E-state index in [1.807, 2.05) is 0 Å². The van der Waals surface area contributed by atoms with E-state index in [-0.39, 0.29) is 0 Å². The maximum Gasteiger partial charge on any atom is 0.0363 e. The molecule has 116 valence electrons. The van der Waals surface area contributed by atoms with E-state index in [1.54, 1.807) is 0 Å². The van der Waals surface area contributed by atoms with Crippen molar-refractivity contribution in [1.82, 2.24) is 5.32 Å². The number of anilines is 1. The van der Waals surface area contributed by atoms with Crippen LogP contribution in [0, 0.1) is 11.8 Å². The monoisotopic (exact) mass is 286 g/mol. The van der Waals surface area contributed by atoms with Crippen molar-refractivity contribution in [2.24, 2.45) is 11.8 Å². The summed E-state index contributed by atoms with van der Waals surface area (Å²) in [5.41, 5.74) is 1.32. The van der Waals surface area contributed by atoms with Crippen LogP contribution in [-0.4, -0.2) is 26.2 Å². The molecule has 2 atom stereocenters. The molecule has 0 aliphatic heterocycles. The van der Waals surface area contributed by atoms with Crippen LogP contribution in [0.25, 0.3) is 0 Å². The molecule has 3 rings (SSSR count). The van der Waals surface area contributed by atoms with Crippen LogP contribution < -0.4 is 10.2 Å². The first-order valence-corrected chi connectivity index (χ1v) is 8.82. The van der Waals surface area contributed by atoms with E-state index in [9.17, 15) is 0 Å². The lowest BCUT2D eigenvalue weighted by atomic mass is 9.83. The molecule has 0 bridgehead atoms. The van der Waals surface area contributed by atoms with Gasteiger partial charge in [0.05, 0.1) is 0 Å². The lowest BCUT2D eigenvalue weighted by Gasteiger charge is -2.30. The van der Waals surface area contributed by atoms with E-state index in [2.05, 4.69) is 47.6 Å². The topological polar surface area (TPSA) is 15.3 Å². The predicted octanol–water partition coefficient (Wildman–Crippen LogP) is 4.07. The molecule has 2 heteroatoms. The Kier molecular flexibility index (Phi) is 5.18. The summed E-state index contributed by atoms with van der Waals surface area (Å²) < 4.78 is 0. The zero-order valence-electron chi connectivity index (χ0n) is 13.4. The number of hydrogen-bond acceptors (Lipinski definition) is 2. The van der Waals surface area contributed by atoms with Crippen molar-refractivity contribution >= 4 is 5.69 Å². The summed E-state index contributed by atoms with van der Waals surface area (Å²) in [6.07, 6.45) is 10.0. The van der Waals surface area contributed by atoms with Crippen molar-refractivity contribution in [3.8, 4) is 0 Å². The zero-order valence-corrected chi connectivity index (χ0v) is 13.4. The lowest BCUT2D eigenvalue weighted by Crippen LogP contribution is -2.36. The molecule has 2 aliphatic carbocycles. The van der Waals surface area contributed by atoms with Gasteiger partial charge in [0.1, 0.15) is 0 Å². The molecule has 2 fully saturated rings. The minimum Gasteiger partial charge on any atom is -0.375 e. The molecule has 0 radical (unpaired) electrons. The molecular weight excluding hydrogens is 256 g/mol. The average molecular weight is 286 g/mol. The number of rotatable bonds is 7. The maximum absolute atomic E-state index is 3.81. The highest BCUT2D eigenvalue weighted by Gasteiger charge is 2.34. The van der Waals surface area contributed by atoms with E-state index < -0.39 is 0 Å². The van der Waals surface area contributed by atoms with Gasteiger partial charge in [-0.05, 0) is 62.6 Å². The first-order chi connectivity index (χ1) is 10.3. The van der Waals surface area contributed by atoms with Crippen molar-refractivity contribution in [2.45, 2.75) is 51.0 Å². The van der Waals surface area contributed by atoms with Crippen molar-refractivity contribution in [3.63, 3.8) is 0 Å². The number of nitrogens with zero attached hydrogens (tertiary/aromatic N) is 1. The summed E-state index contributed by atoms with van der Waals surface area (Å²) >= 11 is 0. The maximum atomic E-state index is 3.81. The van der Waals surface area contributed by atoms with E-state index >= 15 is 0 Å². The fraction of sp³-hybridized carbons (Fsp3) is 0.684. The molecule has 2 unspecified atom stereocenters. The highest BCUT2D eigenvalue weighted by Crippen LogP contribution is 2.43. The predicted molar refractivity (Wildman–Crippen MR) is 90.8 cm³/mol. The molecule has 2 nitrogen and oxygen atoms in total. The van der Waals surface area contributed by atoms with Gasteiger partial charge in [-0.2, -0.15) is 0 Å². The first kappa shape index (κ1) is 14.9. The Labute approximate surface area is 129 Å². The Bertz CT molecular complexity index is 413. The largest absolute Gasteiger partial charge is 0.375 e. The Morgan fingerprint density at radius 2 is 1.86 bits per heavy atom. The normalized spacial score (nSPS) is 25.8. The molecule has 1 N–H and O–H groups in total. The Morgan fingerprint density at radius 1 is 1.05 bits per heavy atom. The van der Waals surface area contributed by atoms with Gasteiger partial charge in [0.2, 0.25) is 0 Å². The van der Waals surface area contributed by atoms with Gasteiger partial charge in [-0.3, -0.25) is 0 Å². The van der Waals surface area contributed by atoms with E-state index in [0.717, 1.165) is 24.4 Å². The third-order valence-corrected chi connectivity index (χ3v) is 5.30. The van der Waals surface area contributed by atoms with Crippen LogP contribution in [0.4, 0.5) is 5.69 Å². The minimum absolute atomic E-state index is 0.798. The molecular formula is C19H30N2. The fourth-order valence-corrected chi connectivity index (χ4v) is 3.84. The second-order valence-electron chi connectivity index (χ2n) is 7.03. The SMILES string of the molecule is CN(CCCNC1CCCC(C2CC2)C1)c1ccccc1. The highest BCUT2D eigenvalue weighted by atomic mass is 15.1. The summed E-state index contributed by atoms with van der Waals surface area (Å²) in [6, 6.07) is 11.5. The van der Waals surface area contributed by atoms with Gasteiger partial charge in [0.25, 0.3) is 0 Å². The van der Waals surface area contributed by atoms with Gasteiger partial charge in [-0.25, -0.2) is 0 Å². The van der Waals surface area contributed by atoms with Crippen LogP contribution >= 0.6 is 0 Å². The molecule has 0 saturated heterocycles. The van der Waals surface area contributed by atoms with Crippen molar-refractivity contribution < 1.29 is 0 Å². The van der Waals surface area contributed by atoms with Crippen LogP contribution in [-0.2, 0) is 0 Å². The van der Waals surface area contributed by atoms with E-state index in [4.69, 9.17) is 0 Å². The molecule has 21 heavy (non-hydrogen) atoms. The molecule has 0 heterocycles. The van der Waals surface area contributed by atoms with Gasteiger partial charge >= 0.3 is 0 Å². The van der Waals surface area contributed by atoms with Crippen molar-refractivity contribution in [3.05, 3.63) is 30.3 Å². The van der Waals surface area contributed by atoms with E-state index in [0.29, 0.717) is 0 Å². The molecule has 0 spiro atoms. The summed E-state index contributed by atoms with van der Waals surface area (Å²) in [5.74, 6) is 2.14. The molecule has 2 aliphatic rings. The molecule has 2 saturated carbocycles. The molecule has 1 aromatic rings. The molecule has 1 aromatic carbocycles. The fourth-order valence-electron chi connectivity index (χ4n) is 3.84. The average Bonchev–Trinajstić information content (AvgIpc) is 3.37. The second kappa shape index (κ2) is 7.31. The standard InChI is InChI=1S/C19H30N2/c1-21(19-9-3-2-4-10-19)14-6-13-20-18-8-5-7-17(15-18)16-11-12-16/h2-4,9-10,16-18,20H,5-8,11-15H2,1H3. The van der Waals surface area contributed by atoms with Crippen LogP contribution in [0.2, 0.25) is 0 Å².